The number of phenolic OH excluding ortho intramolecular Hbond substituents is 3. The van der Waals surface area contributed by atoms with Gasteiger partial charge < -0.3 is 15.3 Å². The third-order valence-corrected chi connectivity index (χ3v) is 1.68. The van der Waals surface area contributed by atoms with Gasteiger partial charge in [-0.3, -0.25) is 0 Å². The van der Waals surface area contributed by atoms with Crippen LogP contribution in [0.25, 0.3) is 11.0 Å². The smallest absolute Gasteiger partial charge is 0.186 e. The van der Waals surface area contributed by atoms with Gasteiger partial charge in [0, 0.05) is 18.5 Å². The highest BCUT2D eigenvalue weighted by molar-refractivity contribution is 5.88. The second kappa shape index (κ2) is 2.48. The lowest BCUT2D eigenvalue weighted by molar-refractivity contribution is 0.401. The summed E-state index contributed by atoms with van der Waals surface area (Å²) in [5.41, 5.74) is 0.248. The lowest BCUT2D eigenvalue weighted by atomic mass is 10.2. The van der Waals surface area contributed by atoms with Crippen molar-refractivity contribution in [2.45, 2.75) is 0 Å². The van der Waals surface area contributed by atoms with Gasteiger partial charge in [0.15, 0.2) is 11.5 Å². The summed E-state index contributed by atoms with van der Waals surface area (Å²) >= 11 is 0. The molecule has 2 rings (SSSR count). The van der Waals surface area contributed by atoms with Gasteiger partial charge in [0.05, 0.1) is 0 Å². The topological polar surface area (TPSA) is 86.5 Å². The largest absolute Gasteiger partial charge is 0.505 e. The Kier molecular flexibility index (Phi) is 1.45. The molecule has 0 aliphatic carbocycles. The number of rotatable bonds is 0. The van der Waals surface area contributed by atoms with E-state index in [4.69, 9.17) is 5.11 Å². The van der Waals surface area contributed by atoms with Gasteiger partial charge >= 0.3 is 0 Å². The Labute approximate surface area is 72.9 Å². The van der Waals surface area contributed by atoms with Crippen molar-refractivity contribution in [3.8, 4) is 17.2 Å². The van der Waals surface area contributed by atoms with E-state index in [1.165, 1.54) is 12.4 Å². The third kappa shape index (κ3) is 1.01. The van der Waals surface area contributed by atoms with Crippen molar-refractivity contribution in [1.29, 1.82) is 0 Å². The van der Waals surface area contributed by atoms with E-state index < -0.39 is 5.75 Å². The van der Waals surface area contributed by atoms with Crippen LogP contribution in [-0.2, 0) is 0 Å². The van der Waals surface area contributed by atoms with Gasteiger partial charge in [0.2, 0.25) is 0 Å². The molecule has 0 bridgehead atoms. The van der Waals surface area contributed by atoms with E-state index in [0.29, 0.717) is 0 Å². The number of fused-ring (bicyclic) bond motifs is 1. The monoisotopic (exact) mass is 178 g/mol. The van der Waals surface area contributed by atoms with Gasteiger partial charge in [-0.1, -0.05) is 0 Å². The lowest BCUT2D eigenvalue weighted by Crippen LogP contribution is -1.83. The minimum Gasteiger partial charge on any atom is -0.505 e. The van der Waals surface area contributed by atoms with Crippen molar-refractivity contribution in [2.24, 2.45) is 0 Å². The van der Waals surface area contributed by atoms with Crippen LogP contribution in [0.5, 0.6) is 17.2 Å². The number of phenols is 3. The molecule has 2 aromatic rings. The summed E-state index contributed by atoms with van der Waals surface area (Å²) in [6.45, 7) is 0. The third-order valence-electron chi connectivity index (χ3n) is 1.68. The Bertz CT molecular complexity index is 470. The van der Waals surface area contributed by atoms with Crippen molar-refractivity contribution in [1.82, 2.24) is 9.97 Å². The van der Waals surface area contributed by atoms with Crippen LogP contribution in [0.1, 0.15) is 0 Å². The normalized spacial score (nSPS) is 10.5. The SMILES string of the molecule is Oc1cc(O)c2nccnc2c1O. The molecule has 0 amide bonds. The number of aromatic nitrogens is 2. The van der Waals surface area contributed by atoms with Crippen molar-refractivity contribution in [3.63, 3.8) is 0 Å². The van der Waals surface area contributed by atoms with E-state index in [1.54, 1.807) is 0 Å². The molecule has 0 aliphatic heterocycles. The predicted octanol–water partition coefficient (Wildman–Crippen LogP) is 0.747. The quantitative estimate of drug-likeness (QED) is 0.409. The first-order valence-electron chi connectivity index (χ1n) is 3.55. The van der Waals surface area contributed by atoms with Crippen LogP contribution in [0.15, 0.2) is 18.5 Å². The molecule has 1 aromatic carbocycles. The fourth-order valence-corrected chi connectivity index (χ4v) is 1.09. The van der Waals surface area contributed by atoms with Crippen LogP contribution in [0.4, 0.5) is 0 Å². The van der Waals surface area contributed by atoms with Gasteiger partial charge in [0.1, 0.15) is 16.8 Å². The van der Waals surface area contributed by atoms with Gasteiger partial charge in [-0.25, -0.2) is 9.97 Å². The van der Waals surface area contributed by atoms with E-state index in [1.807, 2.05) is 0 Å². The zero-order valence-corrected chi connectivity index (χ0v) is 6.47. The summed E-state index contributed by atoms with van der Waals surface area (Å²) in [5, 5.41) is 27.7. The molecule has 0 radical (unpaired) electrons. The summed E-state index contributed by atoms with van der Waals surface area (Å²) in [7, 11) is 0. The maximum Gasteiger partial charge on any atom is 0.186 e. The molecule has 1 heterocycles. The average Bonchev–Trinajstić information content (AvgIpc) is 2.15. The Morgan fingerprint density at radius 2 is 1.46 bits per heavy atom. The summed E-state index contributed by atoms with van der Waals surface area (Å²) < 4.78 is 0. The Morgan fingerprint density at radius 3 is 2.15 bits per heavy atom. The van der Waals surface area contributed by atoms with Crippen LogP contribution in [0.2, 0.25) is 0 Å². The van der Waals surface area contributed by atoms with E-state index in [9.17, 15) is 10.2 Å². The number of nitrogens with zero attached hydrogens (tertiary/aromatic N) is 2. The Morgan fingerprint density at radius 1 is 0.846 bits per heavy atom. The second-order valence-electron chi connectivity index (χ2n) is 2.52. The fraction of sp³-hybridized carbons (Fsp3) is 0. The standard InChI is InChI=1S/C8H6N2O3/c11-4-3-5(12)8(13)7-6(4)9-1-2-10-7/h1-3,11-13H. The Hall–Kier alpha value is -2.04. The van der Waals surface area contributed by atoms with Gasteiger partial charge in [-0.15, -0.1) is 0 Å². The van der Waals surface area contributed by atoms with Crippen molar-refractivity contribution in [2.75, 3.05) is 0 Å². The van der Waals surface area contributed by atoms with E-state index in [2.05, 4.69) is 9.97 Å². The summed E-state index contributed by atoms with van der Waals surface area (Å²) in [6, 6.07) is 1.02. The first-order chi connectivity index (χ1) is 6.20. The van der Waals surface area contributed by atoms with E-state index in [-0.39, 0.29) is 22.5 Å². The maximum atomic E-state index is 9.32. The number of hydrogen-bond donors (Lipinski definition) is 3. The molecule has 5 heteroatoms. The highest BCUT2D eigenvalue weighted by atomic mass is 16.3. The van der Waals surface area contributed by atoms with Crippen LogP contribution in [0, 0.1) is 0 Å². The summed E-state index contributed by atoms with van der Waals surface area (Å²) in [5.74, 6) is -0.996. The molecular weight excluding hydrogens is 172 g/mol. The van der Waals surface area contributed by atoms with Gasteiger partial charge in [-0.05, 0) is 0 Å². The number of aromatic hydroxyl groups is 3. The number of hydrogen-bond acceptors (Lipinski definition) is 5. The molecule has 0 unspecified atom stereocenters. The molecule has 0 saturated carbocycles. The van der Waals surface area contributed by atoms with Crippen molar-refractivity contribution in [3.05, 3.63) is 18.5 Å². The molecule has 13 heavy (non-hydrogen) atoms. The molecule has 0 fully saturated rings. The maximum absolute atomic E-state index is 9.32. The first kappa shape index (κ1) is 7.60. The highest BCUT2D eigenvalue weighted by Gasteiger charge is 2.11. The predicted molar refractivity (Wildman–Crippen MR) is 44.5 cm³/mol. The van der Waals surface area contributed by atoms with E-state index in [0.717, 1.165) is 6.07 Å². The average molecular weight is 178 g/mol. The molecule has 0 spiro atoms. The van der Waals surface area contributed by atoms with Crippen molar-refractivity contribution < 1.29 is 15.3 Å². The molecule has 0 aliphatic rings. The first-order valence-corrected chi connectivity index (χ1v) is 3.55. The highest BCUT2D eigenvalue weighted by Crippen LogP contribution is 2.36. The summed E-state index contributed by atoms with van der Waals surface area (Å²) in [4.78, 5) is 7.57. The van der Waals surface area contributed by atoms with Crippen LogP contribution in [-0.4, -0.2) is 25.3 Å². The zero-order valence-electron chi connectivity index (χ0n) is 6.47. The summed E-state index contributed by atoms with van der Waals surface area (Å²) in [6.07, 6.45) is 2.75. The van der Waals surface area contributed by atoms with Crippen LogP contribution >= 0.6 is 0 Å². The van der Waals surface area contributed by atoms with Crippen LogP contribution in [0.3, 0.4) is 0 Å². The molecule has 1 aromatic heterocycles. The number of benzene rings is 1. The van der Waals surface area contributed by atoms with Crippen molar-refractivity contribution >= 4 is 11.0 Å². The molecule has 3 N–H and O–H groups in total. The molecular formula is C8H6N2O3. The van der Waals surface area contributed by atoms with E-state index >= 15 is 0 Å². The molecule has 0 saturated heterocycles. The molecule has 0 atom stereocenters. The molecule has 5 nitrogen and oxygen atoms in total. The lowest BCUT2D eigenvalue weighted by Gasteiger charge is -2.02. The second-order valence-corrected chi connectivity index (χ2v) is 2.52. The Balaban J connectivity index is 2.97. The fourth-order valence-electron chi connectivity index (χ4n) is 1.09. The van der Waals surface area contributed by atoms with Gasteiger partial charge in [-0.2, -0.15) is 0 Å². The zero-order chi connectivity index (χ0) is 9.42. The molecule has 66 valence electrons. The van der Waals surface area contributed by atoms with Crippen LogP contribution < -0.4 is 0 Å². The minimum absolute atomic E-state index is 0.0833. The minimum atomic E-state index is -0.412. The van der Waals surface area contributed by atoms with Gasteiger partial charge in [0.25, 0.3) is 0 Å².